The van der Waals surface area contributed by atoms with Crippen molar-refractivity contribution in [3.05, 3.63) is 23.3 Å². The van der Waals surface area contributed by atoms with Crippen molar-refractivity contribution >= 4 is 10.2 Å². The van der Waals surface area contributed by atoms with Gasteiger partial charge in [0.15, 0.2) is 0 Å². The van der Waals surface area contributed by atoms with Gasteiger partial charge in [-0.05, 0) is 19.4 Å². The summed E-state index contributed by atoms with van der Waals surface area (Å²) in [5.41, 5.74) is 3.09. The molecule has 0 saturated heterocycles. The lowest BCUT2D eigenvalue weighted by atomic mass is 10.3. The van der Waals surface area contributed by atoms with Gasteiger partial charge in [0.05, 0.1) is 0 Å². The molecule has 0 N–H and O–H groups in total. The van der Waals surface area contributed by atoms with Crippen molar-refractivity contribution in [3.8, 4) is 0 Å². The van der Waals surface area contributed by atoms with E-state index in [2.05, 4.69) is 19.1 Å². The van der Waals surface area contributed by atoms with Crippen molar-refractivity contribution in [1.82, 2.24) is 0 Å². The smallest absolute Gasteiger partial charge is 0.00793 e. The summed E-state index contributed by atoms with van der Waals surface area (Å²) in [7, 11) is 1.32. The predicted molar refractivity (Wildman–Crippen MR) is 41.2 cm³/mol. The van der Waals surface area contributed by atoms with Gasteiger partial charge in [-0.1, -0.05) is 23.3 Å². The molecule has 0 aromatic heterocycles. The third-order valence-electron chi connectivity index (χ3n) is 1.57. The zero-order valence-electron chi connectivity index (χ0n) is 5.57. The summed E-state index contributed by atoms with van der Waals surface area (Å²) in [6.07, 6.45) is 5.84. The summed E-state index contributed by atoms with van der Waals surface area (Å²) < 4.78 is 0. The molecule has 0 fully saturated rings. The van der Waals surface area contributed by atoms with E-state index in [1.165, 1.54) is 28.3 Å². The first-order chi connectivity index (χ1) is 3.83. The molecule has 0 aromatic rings. The molecule has 0 bridgehead atoms. The molecule has 0 nitrogen and oxygen atoms in total. The molecule has 8 heavy (non-hydrogen) atoms. The van der Waals surface area contributed by atoms with E-state index in [0.29, 0.717) is 0 Å². The minimum atomic E-state index is 1.23. The molecule has 0 atom stereocenters. The van der Waals surface area contributed by atoms with Gasteiger partial charge in [-0.15, -0.1) is 0 Å². The fourth-order valence-electron chi connectivity index (χ4n) is 0.978. The average molecular weight is 124 g/mol. The predicted octanol–water partition coefficient (Wildman–Crippen LogP) is 1.05. The van der Waals surface area contributed by atoms with Gasteiger partial charge < -0.3 is 0 Å². The fraction of sp³-hybridized carbons (Fsp3) is 0.429. The maximum absolute atomic E-state index is 2.31. The maximum Gasteiger partial charge on any atom is 0.00793 e. The topological polar surface area (TPSA) is 0 Å². The lowest BCUT2D eigenvalue weighted by Gasteiger charge is -1.89. The van der Waals surface area contributed by atoms with Gasteiger partial charge in [-0.25, -0.2) is 0 Å². The van der Waals surface area contributed by atoms with Crippen LogP contribution in [-0.2, 0) is 0 Å². The van der Waals surface area contributed by atoms with Crippen LogP contribution in [0.25, 0.3) is 0 Å². The third kappa shape index (κ3) is 1.10. The van der Waals surface area contributed by atoms with Crippen LogP contribution in [0.5, 0.6) is 0 Å². The molecule has 1 rings (SSSR count). The number of allylic oxidation sites excluding steroid dienone is 4. The van der Waals surface area contributed by atoms with Gasteiger partial charge in [-0.2, -0.15) is 0 Å². The second-order valence-electron chi connectivity index (χ2n) is 2.31. The second kappa shape index (κ2) is 2.31. The van der Waals surface area contributed by atoms with Crippen LogP contribution in [0.15, 0.2) is 23.3 Å². The molecule has 1 aliphatic rings. The summed E-state index contributed by atoms with van der Waals surface area (Å²) >= 11 is 0. The normalized spacial score (nSPS) is 18.6. The largest absolute Gasteiger partial charge is 0.0775 e. The Morgan fingerprint density at radius 2 is 2.50 bits per heavy atom. The highest BCUT2D eigenvalue weighted by atomic mass is 28.1. The molecule has 0 aliphatic heterocycles. The molecule has 1 heteroatoms. The second-order valence-corrected chi connectivity index (χ2v) is 3.02. The van der Waals surface area contributed by atoms with Gasteiger partial charge in [0.25, 0.3) is 0 Å². The van der Waals surface area contributed by atoms with E-state index in [9.17, 15) is 0 Å². The Bertz CT molecular complexity index is 142. The summed E-state index contributed by atoms with van der Waals surface area (Å²) in [4.78, 5) is 0. The van der Waals surface area contributed by atoms with E-state index in [1.54, 1.807) is 5.57 Å². The Labute approximate surface area is 53.7 Å². The van der Waals surface area contributed by atoms with Crippen LogP contribution in [0.3, 0.4) is 0 Å². The van der Waals surface area contributed by atoms with Crippen LogP contribution in [0, 0.1) is 0 Å². The molecule has 0 radical (unpaired) electrons. The van der Waals surface area contributed by atoms with Crippen LogP contribution in [-0.4, -0.2) is 10.2 Å². The van der Waals surface area contributed by atoms with Gasteiger partial charge in [-0.3, -0.25) is 0 Å². The van der Waals surface area contributed by atoms with Crippen LogP contribution >= 0.6 is 0 Å². The molecule has 0 saturated carbocycles. The Morgan fingerprint density at radius 3 is 2.75 bits per heavy atom. The lowest BCUT2D eigenvalue weighted by Crippen LogP contribution is -1.72. The van der Waals surface area contributed by atoms with Crippen LogP contribution in [0.2, 0.25) is 6.04 Å². The Kier molecular flexibility index (Phi) is 1.68. The lowest BCUT2D eigenvalue weighted by molar-refractivity contribution is 1.25. The van der Waals surface area contributed by atoms with E-state index in [4.69, 9.17) is 0 Å². The fourth-order valence-corrected chi connectivity index (χ4v) is 1.47. The Balaban J connectivity index is 2.56. The van der Waals surface area contributed by atoms with Crippen LogP contribution in [0.1, 0.15) is 13.3 Å². The summed E-state index contributed by atoms with van der Waals surface area (Å²) in [5.74, 6) is 0. The quantitative estimate of drug-likeness (QED) is 0.458. The highest BCUT2D eigenvalue weighted by Gasteiger charge is 1.98. The number of hydrogen-bond acceptors (Lipinski definition) is 0. The summed E-state index contributed by atoms with van der Waals surface area (Å²) in [5, 5.41) is 0. The molecule has 0 unspecified atom stereocenters. The summed E-state index contributed by atoms with van der Waals surface area (Å²) in [6, 6.07) is 1.36. The van der Waals surface area contributed by atoms with Crippen molar-refractivity contribution in [2.75, 3.05) is 0 Å². The highest BCUT2D eigenvalue weighted by molar-refractivity contribution is 6.10. The molecular formula is C7H12Si. The van der Waals surface area contributed by atoms with E-state index < -0.39 is 0 Å². The van der Waals surface area contributed by atoms with Crippen LogP contribution in [0.4, 0.5) is 0 Å². The van der Waals surface area contributed by atoms with Crippen molar-refractivity contribution in [2.45, 2.75) is 19.4 Å². The maximum atomic E-state index is 2.31. The highest BCUT2D eigenvalue weighted by Crippen LogP contribution is 2.18. The SMILES string of the molecule is CC1=CCC(C[SiH3])=C1. The Morgan fingerprint density at radius 1 is 1.75 bits per heavy atom. The van der Waals surface area contributed by atoms with E-state index >= 15 is 0 Å². The zero-order chi connectivity index (χ0) is 5.98. The summed E-state index contributed by atoms with van der Waals surface area (Å²) in [6.45, 7) is 2.17. The molecule has 44 valence electrons. The van der Waals surface area contributed by atoms with Crippen molar-refractivity contribution in [2.24, 2.45) is 0 Å². The van der Waals surface area contributed by atoms with E-state index in [-0.39, 0.29) is 0 Å². The first-order valence-electron chi connectivity index (χ1n) is 3.19. The standard InChI is InChI=1S/C7H12Si/c1-6-2-3-7(4-6)5-8/h2,4H,3,5H2,1,8H3. The first kappa shape index (κ1) is 5.83. The van der Waals surface area contributed by atoms with Crippen LogP contribution < -0.4 is 0 Å². The van der Waals surface area contributed by atoms with Crippen molar-refractivity contribution in [1.29, 1.82) is 0 Å². The molecule has 0 heterocycles. The van der Waals surface area contributed by atoms with Gasteiger partial charge in [0.1, 0.15) is 0 Å². The average Bonchev–Trinajstić information content (AvgIpc) is 2.14. The van der Waals surface area contributed by atoms with Gasteiger partial charge in [0.2, 0.25) is 0 Å². The molecule has 1 aliphatic carbocycles. The molecule has 0 spiro atoms. The van der Waals surface area contributed by atoms with Crippen molar-refractivity contribution in [3.63, 3.8) is 0 Å². The van der Waals surface area contributed by atoms with Gasteiger partial charge >= 0.3 is 0 Å². The van der Waals surface area contributed by atoms with Gasteiger partial charge in [0, 0.05) is 10.2 Å². The molecule has 0 amide bonds. The molecular weight excluding hydrogens is 112 g/mol. The monoisotopic (exact) mass is 124 g/mol. The minimum absolute atomic E-state index is 1.23. The van der Waals surface area contributed by atoms with E-state index in [1.807, 2.05) is 0 Å². The zero-order valence-corrected chi connectivity index (χ0v) is 7.57. The third-order valence-corrected chi connectivity index (χ3v) is 2.48. The van der Waals surface area contributed by atoms with Crippen molar-refractivity contribution < 1.29 is 0 Å². The Hall–Kier alpha value is -0.303. The number of rotatable bonds is 1. The first-order valence-corrected chi connectivity index (χ1v) is 4.60. The minimum Gasteiger partial charge on any atom is -0.0775 e. The van der Waals surface area contributed by atoms with E-state index in [0.717, 1.165) is 0 Å². The molecule has 0 aromatic carbocycles. The number of hydrogen-bond donors (Lipinski definition) is 0.